The predicted octanol–water partition coefficient (Wildman–Crippen LogP) is 5.64. The largest absolute Gasteiger partial charge is 0.304 e. The molecule has 0 radical (unpaired) electrons. The Balaban J connectivity index is 3.03. The van der Waals surface area contributed by atoms with Gasteiger partial charge in [-0.15, -0.1) is 0 Å². The van der Waals surface area contributed by atoms with Crippen molar-refractivity contribution in [2.75, 3.05) is 19.6 Å². The van der Waals surface area contributed by atoms with E-state index in [2.05, 4.69) is 25.7 Å². The van der Waals surface area contributed by atoms with Crippen molar-refractivity contribution in [3.63, 3.8) is 0 Å². The van der Waals surface area contributed by atoms with Crippen molar-refractivity contribution < 1.29 is 0 Å². The lowest BCUT2D eigenvalue weighted by molar-refractivity contribution is 0.295. The van der Waals surface area contributed by atoms with E-state index in [4.69, 9.17) is 0 Å². The van der Waals surface area contributed by atoms with E-state index in [0.717, 1.165) is 0 Å². The minimum atomic E-state index is 1.22. The Morgan fingerprint density at radius 1 is 0.500 bits per heavy atom. The fourth-order valence-electron chi connectivity index (χ4n) is 2.54. The molecule has 0 bridgehead atoms. The maximum atomic E-state index is 2.54. The van der Waals surface area contributed by atoms with Crippen LogP contribution in [-0.2, 0) is 0 Å². The van der Waals surface area contributed by atoms with E-state index < -0.39 is 0 Å². The predicted molar refractivity (Wildman–Crippen MR) is 84.2 cm³/mol. The second-order valence-electron chi connectivity index (χ2n) is 5.56. The summed E-state index contributed by atoms with van der Waals surface area (Å²) in [6, 6.07) is 0. The molecule has 110 valence electrons. The zero-order valence-corrected chi connectivity index (χ0v) is 13.3. The van der Waals surface area contributed by atoms with Gasteiger partial charge in [0.1, 0.15) is 0 Å². The van der Waals surface area contributed by atoms with Gasteiger partial charge in [0.05, 0.1) is 0 Å². The van der Waals surface area contributed by atoms with Gasteiger partial charge in [-0.2, -0.15) is 0 Å². The SMILES string of the molecule is CCCCCCCCCCCCCN(CC)CC. The topological polar surface area (TPSA) is 3.24 Å². The first-order chi connectivity index (χ1) is 8.85. The van der Waals surface area contributed by atoms with Crippen LogP contribution in [0.15, 0.2) is 0 Å². The molecule has 0 fully saturated rings. The van der Waals surface area contributed by atoms with Crippen LogP contribution in [-0.4, -0.2) is 24.5 Å². The summed E-state index contributed by atoms with van der Waals surface area (Å²) in [5.41, 5.74) is 0. The second-order valence-corrected chi connectivity index (χ2v) is 5.56. The number of hydrogen-bond donors (Lipinski definition) is 0. The third-order valence-corrected chi connectivity index (χ3v) is 3.97. The number of nitrogens with zero attached hydrogens (tertiary/aromatic N) is 1. The number of unbranched alkanes of at least 4 members (excludes halogenated alkanes) is 10. The molecule has 0 atom stereocenters. The van der Waals surface area contributed by atoms with E-state index in [1.54, 1.807) is 0 Å². The molecule has 1 nitrogen and oxygen atoms in total. The second kappa shape index (κ2) is 15.0. The van der Waals surface area contributed by atoms with Gasteiger partial charge >= 0.3 is 0 Å². The summed E-state index contributed by atoms with van der Waals surface area (Å²) in [5, 5.41) is 0. The van der Waals surface area contributed by atoms with E-state index in [0.29, 0.717) is 0 Å². The van der Waals surface area contributed by atoms with Crippen LogP contribution in [0.3, 0.4) is 0 Å². The van der Waals surface area contributed by atoms with Crippen molar-refractivity contribution in [3.05, 3.63) is 0 Å². The van der Waals surface area contributed by atoms with Crippen LogP contribution >= 0.6 is 0 Å². The van der Waals surface area contributed by atoms with Gasteiger partial charge in [0.15, 0.2) is 0 Å². The average molecular weight is 255 g/mol. The van der Waals surface area contributed by atoms with E-state index in [1.165, 1.54) is 90.3 Å². The molecule has 0 aliphatic rings. The summed E-state index contributed by atoms with van der Waals surface area (Å²) >= 11 is 0. The Kier molecular flexibility index (Phi) is 15.0. The molecular formula is C17H37N. The van der Waals surface area contributed by atoms with Crippen LogP contribution in [0.5, 0.6) is 0 Å². The summed E-state index contributed by atoms with van der Waals surface area (Å²) < 4.78 is 0. The normalized spacial score (nSPS) is 11.3. The molecule has 0 unspecified atom stereocenters. The number of rotatable bonds is 14. The first-order valence-electron chi connectivity index (χ1n) is 8.57. The lowest BCUT2D eigenvalue weighted by Crippen LogP contribution is -2.23. The summed E-state index contributed by atoms with van der Waals surface area (Å²) in [5.74, 6) is 0. The summed E-state index contributed by atoms with van der Waals surface area (Å²) in [6.07, 6.45) is 15.9. The van der Waals surface area contributed by atoms with Gasteiger partial charge in [-0.25, -0.2) is 0 Å². The Morgan fingerprint density at radius 3 is 1.28 bits per heavy atom. The van der Waals surface area contributed by atoms with Gasteiger partial charge in [0.2, 0.25) is 0 Å². The third kappa shape index (κ3) is 12.4. The van der Waals surface area contributed by atoms with Crippen LogP contribution in [0, 0.1) is 0 Å². The van der Waals surface area contributed by atoms with E-state index in [1.807, 2.05) is 0 Å². The minimum absolute atomic E-state index is 1.22. The highest BCUT2D eigenvalue weighted by atomic mass is 15.1. The molecule has 0 aromatic carbocycles. The smallest absolute Gasteiger partial charge is 0.00190 e. The molecule has 0 rings (SSSR count). The highest BCUT2D eigenvalue weighted by Crippen LogP contribution is 2.11. The standard InChI is InChI=1S/C17H37N/c1-4-7-8-9-10-11-12-13-14-15-16-17-18(5-2)6-3/h4-17H2,1-3H3. The Labute approximate surface area is 116 Å². The maximum absolute atomic E-state index is 2.54. The molecule has 0 amide bonds. The van der Waals surface area contributed by atoms with E-state index in [-0.39, 0.29) is 0 Å². The highest BCUT2D eigenvalue weighted by Gasteiger charge is 1.98. The van der Waals surface area contributed by atoms with Crippen molar-refractivity contribution in [2.24, 2.45) is 0 Å². The van der Waals surface area contributed by atoms with Crippen LogP contribution < -0.4 is 0 Å². The quantitative estimate of drug-likeness (QED) is 0.363. The van der Waals surface area contributed by atoms with Gasteiger partial charge in [-0.3, -0.25) is 0 Å². The molecule has 0 N–H and O–H groups in total. The molecule has 0 aliphatic heterocycles. The molecule has 0 aliphatic carbocycles. The van der Waals surface area contributed by atoms with Crippen molar-refractivity contribution in [2.45, 2.75) is 91.4 Å². The van der Waals surface area contributed by atoms with Crippen LogP contribution in [0.25, 0.3) is 0 Å². The Hall–Kier alpha value is -0.0400. The minimum Gasteiger partial charge on any atom is -0.304 e. The fraction of sp³-hybridized carbons (Fsp3) is 1.00. The lowest BCUT2D eigenvalue weighted by atomic mass is 10.1. The summed E-state index contributed by atoms with van der Waals surface area (Å²) in [4.78, 5) is 2.54. The van der Waals surface area contributed by atoms with Gasteiger partial charge < -0.3 is 4.90 Å². The zero-order valence-electron chi connectivity index (χ0n) is 13.3. The van der Waals surface area contributed by atoms with Crippen LogP contribution in [0.2, 0.25) is 0 Å². The van der Waals surface area contributed by atoms with Gasteiger partial charge in [-0.1, -0.05) is 85.0 Å². The first kappa shape index (κ1) is 18.0. The van der Waals surface area contributed by atoms with Crippen LogP contribution in [0.1, 0.15) is 91.4 Å². The molecule has 18 heavy (non-hydrogen) atoms. The van der Waals surface area contributed by atoms with Crippen molar-refractivity contribution >= 4 is 0 Å². The van der Waals surface area contributed by atoms with Gasteiger partial charge in [0.25, 0.3) is 0 Å². The molecule has 0 heterocycles. The highest BCUT2D eigenvalue weighted by molar-refractivity contribution is 4.53. The summed E-state index contributed by atoms with van der Waals surface area (Å²) in [7, 11) is 0. The Bertz CT molecular complexity index is 141. The molecule has 0 aromatic heterocycles. The molecular weight excluding hydrogens is 218 g/mol. The molecule has 0 saturated heterocycles. The molecule has 0 aromatic rings. The maximum Gasteiger partial charge on any atom is -0.00190 e. The third-order valence-electron chi connectivity index (χ3n) is 3.97. The van der Waals surface area contributed by atoms with Gasteiger partial charge in [0, 0.05) is 0 Å². The van der Waals surface area contributed by atoms with Crippen LogP contribution in [0.4, 0.5) is 0 Å². The fourth-order valence-corrected chi connectivity index (χ4v) is 2.54. The Morgan fingerprint density at radius 2 is 0.889 bits per heavy atom. The number of hydrogen-bond acceptors (Lipinski definition) is 1. The molecule has 0 saturated carbocycles. The van der Waals surface area contributed by atoms with E-state index >= 15 is 0 Å². The lowest BCUT2D eigenvalue weighted by Gasteiger charge is -2.17. The van der Waals surface area contributed by atoms with Crippen molar-refractivity contribution in [1.82, 2.24) is 4.90 Å². The van der Waals surface area contributed by atoms with E-state index in [9.17, 15) is 0 Å². The molecule has 1 heteroatoms. The summed E-state index contributed by atoms with van der Waals surface area (Å²) in [6.45, 7) is 10.6. The van der Waals surface area contributed by atoms with Crippen molar-refractivity contribution in [1.29, 1.82) is 0 Å². The van der Waals surface area contributed by atoms with Crippen molar-refractivity contribution in [3.8, 4) is 0 Å². The zero-order chi connectivity index (χ0) is 13.5. The monoisotopic (exact) mass is 255 g/mol. The molecule has 0 spiro atoms. The first-order valence-corrected chi connectivity index (χ1v) is 8.57. The average Bonchev–Trinajstić information content (AvgIpc) is 2.40. The van der Waals surface area contributed by atoms with Gasteiger partial charge in [-0.05, 0) is 26.1 Å².